The van der Waals surface area contributed by atoms with Gasteiger partial charge >= 0.3 is 0 Å². The van der Waals surface area contributed by atoms with Crippen molar-refractivity contribution in [3.63, 3.8) is 0 Å². The van der Waals surface area contributed by atoms with Crippen molar-refractivity contribution in [2.75, 3.05) is 44.7 Å². The second-order valence-corrected chi connectivity index (χ2v) is 12.3. The van der Waals surface area contributed by atoms with Crippen molar-refractivity contribution in [3.8, 4) is 17.2 Å². The summed E-state index contributed by atoms with van der Waals surface area (Å²) in [7, 11) is 0. The van der Waals surface area contributed by atoms with Crippen molar-refractivity contribution in [2.24, 2.45) is 0 Å². The van der Waals surface area contributed by atoms with Gasteiger partial charge in [0.1, 0.15) is 6.07 Å². The molecule has 1 aliphatic heterocycles. The molecule has 0 amide bonds. The molecule has 1 fully saturated rings. The number of aromatic nitrogens is 1. The van der Waals surface area contributed by atoms with Gasteiger partial charge in [0, 0.05) is 46.7 Å². The van der Waals surface area contributed by atoms with Crippen LogP contribution in [-0.4, -0.2) is 49.3 Å². The fourth-order valence-corrected chi connectivity index (χ4v) is 6.50. The summed E-state index contributed by atoms with van der Waals surface area (Å²) in [6, 6.07) is 33.2. The smallest absolute Gasteiger partial charge is 0.103 e. The van der Waals surface area contributed by atoms with E-state index in [4.69, 9.17) is 16.3 Å². The zero-order chi connectivity index (χ0) is 30.1. The Hall–Kier alpha value is -3.90. The number of pyridine rings is 1. The van der Waals surface area contributed by atoms with Gasteiger partial charge < -0.3 is 15.4 Å². The zero-order valence-electron chi connectivity index (χ0n) is 24.4. The largest absolute Gasteiger partial charge is 0.379 e. The Labute approximate surface area is 268 Å². The lowest BCUT2D eigenvalue weighted by Crippen LogP contribution is -2.37. The molecule has 0 unspecified atom stereocenters. The molecule has 0 saturated carbocycles. The van der Waals surface area contributed by atoms with E-state index >= 15 is 0 Å². The minimum Gasteiger partial charge on any atom is -0.379 e. The number of fused-ring (bicyclic) bond motifs is 1. The molecule has 6 rings (SSSR count). The fraction of sp³-hybridized carbons (Fsp3) is 0.222. The molecule has 44 heavy (non-hydrogen) atoms. The van der Waals surface area contributed by atoms with E-state index in [1.54, 1.807) is 18.0 Å². The van der Waals surface area contributed by atoms with Crippen LogP contribution in [0.25, 0.3) is 22.0 Å². The van der Waals surface area contributed by atoms with E-state index in [-0.39, 0.29) is 0 Å². The summed E-state index contributed by atoms with van der Waals surface area (Å²) in [6.45, 7) is 6.68. The minimum atomic E-state index is 0.478. The number of hydrogen-bond acceptors (Lipinski definition) is 7. The highest BCUT2D eigenvalue weighted by molar-refractivity contribution is 7.99. The Bertz CT molecular complexity index is 1770. The van der Waals surface area contributed by atoms with E-state index in [0.29, 0.717) is 10.6 Å². The van der Waals surface area contributed by atoms with Gasteiger partial charge in [-0.2, -0.15) is 5.26 Å². The Morgan fingerprint density at radius 3 is 2.59 bits per heavy atom. The van der Waals surface area contributed by atoms with Crippen LogP contribution in [0.4, 0.5) is 11.4 Å². The first-order valence-corrected chi connectivity index (χ1v) is 16.1. The molecule has 222 valence electrons. The molecule has 4 aromatic carbocycles. The number of halogens is 1. The predicted octanol–water partition coefficient (Wildman–Crippen LogP) is 8.13. The Kier molecular flexibility index (Phi) is 10.1. The molecule has 2 heterocycles. The van der Waals surface area contributed by atoms with Crippen molar-refractivity contribution in [3.05, 3.63) is 113 Å². The number of ether oxygens (including phenoxy) is 1. The highest BCUT2D eigenvalue weighted by Gasteiger charge is 2.13. The molecular weight excluding hydrogens is 586 g/mol. The molecule has 0 atom stereocenters. The molecule has 6 nitrogen and oxygen atoms in total. The second-order valence-electron chi connectivity index (χ2n) is 10.8. The number of anilines is 2. The Morgan fingerprint density at radius 1 is 0.932 bits per heavy atom. The molecule has 0 radical (unpaired) electrons. The first-order valence-electron chi connectivity index (χ1n) is 14.9. The standard InChI is InChI=1S/C36H34ClN5OS/c37-33-22-30(11-13-35(33)44-31-8-2-1-3-9-31)41-36-29(23-38)25-40-34-21-28(10-12-32(34)36)27-7-4-6-26(20-27)24-39-14-5-15-42-16-18-43-19-17-42/h1-4,6-13,20-22,25,39H,5,14-19,24H2,(H,40,41). The van der Waals surface area contributed by atoms with Crippen LogP contribution in [-0.2, 0) is 11.3 Å². The van der Waals surface area contributed by atoms with E-state index in [2.05, 4.69) is 75.1 Å². The van der Waals surface area contributed by atoms with Crippen LogP contribution in [0.3, 0.4) is 0 Å². The summed E-state index contributed by atoms with van der Waals surface area (Å²) in [5, 5.41) is 18.4. The minimum absolute atomic E-state index is 0.478. The third kappa shape index (κ3) is 7.59. The van der Waals surface area contributed by atoms with Crippen LogP contribution < -0.4 is 10.6 Å². The number of nitriles is 1. The lowest BCUT2D eigenvalue weighted by Gasteiger charge is -2.26. The van der Waals surface area contributed by atoms with Gasteiger partial charge in [-0.1, -0.05) is 71.9 Å². The number of morpholine rings is 1. The van der Waals surface area contributed by atoms with E-state index in [0.717, 1.165) is 95.6 Å². The lowest BCUT2D eigenvalue weighted by atomic mass is 10.00. The highest BCUT2D eigenvalue weighted by Crippen LogP contribution is 2.37. The number of benzene rings is 4. The van der Waals surface area contributed by atoms with Gasteiger partial charge in [-0.3, -0.25) is 9.88 Å². The van der Waals surface area contributed by atoms with Gasteiger partial charge in [0.25, 0.3) is 0 Å². The van der Waals surface area contributed by atoms with Gasteiger partial charge in [0.2, 0.25) is 0 Å². The van der Waals surface area contributed by atoms with Gasteiger partial charge in [0.05, 0.1) is 35.0 Å². The molecule has 1 aromatic heterocycles. The third-order valence-corrected chi connectivity index (χ3v) is 9.19. The molecule has 2 N–H and O–H groups in total. The van der Waals surface area contributed by atoms with Crippen molar-refractivity contribution in [1.29, 1.82) is 5.26 Å². The Morgan fingerprint density at radius 2 is 1.77 bits per heavy atom. The van der Waals surface area contributed by atoms with Gasteiger partial charge in [-0.25, -0.2) is 0 Å². The highest BCUT2D eigenvalue weighted by atomic mass is 35.5. The molecule has 1 aliphatic rings. The summed E-state index contributed by atoms with van der Waals surface area (Å²) in [6.07, 6.45) is 2.76. The summed E-state index contributed by atoms with van der Waals surface area (Å²) in [5.41, 5.74) is 6.29. The fourth-order valence-electron chi connectivity index (χ4n) is 5.36. The maximum atomic E-state index is 9.88. The molecule has 5 aromatic rings. The van der Waals surface area contributed by atoms with E-state index in [1.807, 2.05) is 42.5 Å². The first kappa shape index (κ1) is 30.1. The second kappa shape index (κ2) is 14.7. The van der Waals surface area contributed by atoms with Crippen LogP contribution in [0.2, 0.25) is 5.02 Å². The van der Waals surface area contributed by atoms with Crippen molar-refractivity contribution < 1.29 is 4.74 Å². The van der Waals surface area contributed by atoms with Gasteiger partial charge in [0.15, 0.2) is 0 Å². The van der Waals surface area contributed by atoms with Crippen LogP contribution >= 0.6 is 23.4 Å². The number of nitrogens with zero attached hydrogens (tertiary/aromatic N) is 3. The summed E-state index contributed by atoms with van der Waals surface area (Å²) in [4.78, 5) is 9.20. The normalized spacial score (nSPS) is 13.5. The molecular formula is C36H34ClN5OS. The average Bonchev–Trinajstić information content (AvgIpc) is 3.07. The number of nitrogens with one attached hydrogen (secondary N) is 2. The SMILES string of the molecule is N#Cc1cnc2cc(-c3cccc(CNCCCN4CCOCC4)c3)ccc2c1Nc1ccc(Sc2ccccc2)c(Cl)c1. The Balaban J connectivity index is 1.15. The number of hydrogen-bond donors (Lipinski definition) is 2. The van der Waals surface area contributed by atoms with Crippen molar-refractivity contribution >= 4 is 45.6 Å². The maximum absolute atomic E-state index is 9.88. The predicted molar refractivity (Wildman–Crippen MR) is 181 cm³/mol. The van der Waals surface area contributed by atoms with Crippen LogP contribution in [0.15, 0.2) is 107 Å². The first-order chi connectivity index (χ1) is 21.7. The molecule has 1 saturated heterocycles. The summed E-state index contributed by atoms with van der Waals surface area (Å²) < 4.78 is 5.44. The summed E-state index contributed by atoms with van der Waals surface area (Å²) >= 11 is 8.29. The summed E-state index contributed by atoms with van der Waals surface area (Å²) in [5.74, 6) is 0. The molecule has 0 aliphatic carbocycles. The molecule has 8 heteroatoms. The quantitative estimate of drug-likeness (QED) is 0.145. The van der Waals surface area contributed by atoms with E-state index in [9.17, 15) is 5.26 Å². The molecule has 0 spiro atoms. The average molecular weight is 620 g/mol. The monoisotopic (exact) mass is 619 g/mol. The topological polar surface area (TPSA) is 73.2 Å². The van der Waals surface area contributed by atoms with Crippen LogP contribution in [0.1, 0.15) is 17.5 Å². The van der Waals surface area contributed by atoms with E-state index in [1.165, 1.54) is 5.56 Å². The maximum Gasteiger partial charge on any atom is 0.103 e. The lowest BCUT2D eigenvalue weighted by molar-refractivity contribution is 0.0374. The van der Waals surface area contributed by atoms with Crippen LogP contribution in [0.5, 0.6) is 0 Å². The van der Waals surface area contributed by atoms with Gasteiger partial charge in [-0.05, 0) is 78.7 Å². The van der Waals surface area contributed by atoms with E-state index < -0.39 is 0 Å². The van der Waals surface area contributed by atoms with Crippen LogP contribution in [0, 0.1) is 11.3 Å². The van der Waals surface area contributed by atoms with Crippen molar-refractivity contribution in [1.82, 2.24) is 15.2 Å². The zero-order valence-corrected chi connectivity index (χ0v) is 26.0. The van der Waals surface area contributed by atoms with Crippen molar-refractivity contribution in [2.45, 2.75) is 22.8 Å². The third-order valence-electron chi connectivity index (χ3n) is 7.68. The number of rotatable bonds is 11. The molecule has 0 bridgehead atoms. The van der Waals surface area contributed by atoms with Gasteiger partial charge in [-0.15, -0.1) is 0 Å².